The van der Waals surface area contributed by atoms with Gasteiger partial charge in [0.05, 0.1) is 13.2 Å². The van der Waals surface area contributed by atoms with Gasteiger partial charge in [-0.2, -0.15) is 0 Å². The van der Waals surface area contributed by atoms with E-state index in [1.165, 1.54) is 11.3 Å². The van der Waals surface area contributed by atoms with Crippen LogP contribution in [0.2, 0.25) is 0 Å². The second kappa shape index (κ2) is 8.53. The van der Waals surface area contributed by atoms with E-state index in [9.17, 15) is 0 Å². The van der Waals surface area contributed by atoms with Crippen LogP contribution in [0.4, 0.5) is 5.69 Å². The average molecular weight is 393 g/mol. The number of nitrogens with one attached hydrogen (secondary N) is 2. The fourth-order valence-corrected chi connectivity index (χ4v) is 3.44. The monoisotopic (exact) mass is 392 g/mol. The Balaban J connectivity index is 1.65. The molecule has 1 aromatic carbocycles. The summed E-state index contributed by atoms with van der Waals surface area (Å²) in [5.74, 6) is 0.861. The third-order valence-electron chi connectivity index (χ3n) is 4.42. The predicted molar refractivity (Wildman–Crippen MR) is 103 cm³/mol. The van der Waals surface area contributed by atoms with Crippen molar-refractivity contribution in [1.82, 2.24) is 10.6 Å². The Kier molecular flexibility index (Phi) is 6.15. The van der Waals surface area contributed by atoms with Crippen LogP contribution in [0.1, 0.15) is 18.4 Å². The molecule has 0 spiro atoms. The maximum atomic E-state index is 5.48. The lowest BCUT2D eigenvalue weighted by atomic mass is 10.1. The Bertz CT molecular complexity index is 603. The minimum atomic E-state index is 0.458. The van der Waals surface area contributed by atoms with Gasteiger partial charge in [0.1, 0.15) is 0 Å². The molecule has 130 valence electrons. The van der Waals surface area contributed by atoms with Gasteiger partial charge in [-0.25, -0.2) is 0 Å². The van der Waals surface area contributed by atoms with Crippen LogP contribution in [0, 0.1) is 0 Å². The van der Waals surface area contributed by atoms with Crippen LogP contribution in [0.5, 0.6) is 0 Å². The molecular formula is C18H25BrN4O. The van der Waals surface area contributed by atoms with Gasteiger partial charge in [-0.05, 0) is 30.5 Å². The summed E-state index contributed by atoms with van der Waals surface area (Å²) in [5, 5.41) is 6.93. The molecule has 2 aliphatic rings. The molecule has 1 heterocycles. The highest BCUT2D eigenvalue weighted by Gasteiger charge is 2.16. The number of benzene rings is 1. The van der Waals surface area contributed by atoms with Crippen molar-refractivity contribution in [3.8, 4) is 0 Å². The van der Waals surface area contributed by atoms with Gasteiger partial charge in [0.15, 0.2) is 5.96 Å². The molecule has 0 amide bonds. The zero-order valence-electron chi connectivity index (χ0n) is 14.1. The van der Waals surface area contributed by atoms with Crippen molar-refractivity contribution in [3.63, 3.8) is 0 Å². The Morgan fingerprint density at radius 1 is 1.29 bits per heavy atom. The average Bonchev–Trinajstić information content (AvgIpc) is 3.13. The lowest BCUT2D eigenvalue weighted by Gasteiger charge is -2.31. The zero-order chi connectivity index (χ0) is 16.8. The number of morpholine rings is 1. The standard InChI is InChI=1S/C18H25BrN4O/c1-20-18(22-16-4-2-3-5-16)21-13-14-6-7-15(19)12-17(14)23-8-10-24-11-9-23/h2-3,6-7,12,16H,4-5,8-11,13H2,1H3,(H2,20,21,22). The largest absolute Gasteiger partial charge is 0.378 e. The maximum absolute atomic E-state index is 5.48. The molecule has 6 heteroatoms. The molecule has 0 bridgehead atoms. The highest BCUT2D eigenvalue weighted by molar-refractivity contribution is 9.10. The molecule has 3 rings (SSSR count). The fourth-order valence-electron chi connectivity index (χ4n) is 3.09. The summed E-state index contributed by atoms with van der Waals surface area (Å²) in [6.45, 7) is 4.20. The molecule has 24 heavy (non-hydrogen) atoms. The van der Waals surface area contributed by atoms with E-state index in [4.69, 9.17) is 4.74 Å². The Labute approximate surface area is 152 Å². The molecule has 2 N–H and O–H groups in total. The topological polar surface area (TPSA) is 48.9 Å². The molecular weight excluding hydrogens is 368 g/mol. The molecule has 0 atom stereocenters. The van der Waals surface area contributed by atoms with E-state index in [0.717, 1.165) is 56.1 Å². The molecule has 1 aliphatic heterocycles. The Hall–Kier alpha value is -1.53. The van der Waals surface area contributed by atoms with Crippen LogP contribution in [-0.2, 0) is 11.3 Å². The molecule has 0 unspecified atom stereocenters. The van der Waals surface area contributed by atoms with Crippen molar-refractivity contribution < 1.29 is 4.74 Å². The first-order chi connectivity index (χ1) is 11.8. The summed E-state index contributed by atoms with van der Waals surface area (Å²) >= 11 is 3.59. The van der Waals surface area contributed by atoms with Gasteiger partial charge in [0.2, 0.25) is 0 Å². The first-order valence-corrected chi connectivity index (χ1v) is 9.29. The maximum Gasteiger partial charge on any atom is 0.191 e. The summed E-state index contributed by atoms with van der Waals surface area (Å²) in [4.78, 5) is 6.74. The lowest BCUT2D eigenvalue weighted by molar-refractivity contribution is 0.122. The summed E-state index contributed by atoms with van der Waals surface area (Å²) in [5.41, 5.74) is 2.53. The third kappa shape index (κ3) is 4.51. The van der Waals surface area contributed by atoms with Crippen molar-refractivity contribution in [2.45, 2.75) is 25.4 Å². The van der Waals surface area contributed by atoms with E-state index < -0.39 is 0 Å². The number of hydrogen-bond donors (Lipinski definition) is 2. The van der Waals surface area contributed by atoms with Gasteiger partial charge in [-0.15, -0.1) is 0 Å². The number of rotatable bonds is 4. The predicted octanol–water partition coefficient (Wildman–Crippen LogP) is 2.67. The fraction of sp³-hybridized carbons (Fsp3) is 0.500. The van der Waals surface area contributed by atoms with Gasteiger partial charge in [-0.3, -0.25) is 4.99 Å². The normalized spacial score (nSPS) is 18.9. The first-order valence-electron chi connectivity index (χ1n) is 8.49. The van der Waals surface area contributed by atoms with E-state index in [-0.39, 0.29) is 0 Å². The molecule has 1 saturated heterocycles. The van der Waals surface area contributed by atoms with Gasteiger partial charge in [0, 0.05) is 42.9 Å². The van der Waals surface area contributed by atoms with Crippen LogP contribution in [0.15, 0.2) is 39.8 Å². The smallest absolute Gasteiger partial charge is 0.191 e. The van der Waals surface area contributed by atoms with Crippen molar-refractivity contribution >= 4 is 27.6 Å². The number of ether oxygens (including phenoxy) is 1. The van der Waals surface area contributed by atoms with Gasteiger partial charge in [0.25, 0.3) is 0 Å². The molecule has 5 nitrogen and oxygen atoms in total. The van der Waals surface area contributed by atoms with Crippen molar-refractivity contribution in [3.05, 3.63) is 40.4 Å². The first kappa shape index (κ1) is 17.3. The van der Waals surface area contributed by atoms with Crippen molar-refractivity contribution in [1.29, 1.82) is 0 Å². The van der Waals surface area contributed by atoms with Gasteiger partial charge in [-0.1, -0.05) is 34.1 Å². The quantitative estimate of drug-likeness (QED) is 0.469. The number of nitrogens with zero attached hydrogens (tertiary/aromatic N) is 2. The van der Waals surface area contributed by atoms with Crippen LogP contribution >= 0.6 is 15.9 Å². The minimum Gasteiger partial charge on any atom is -0.378 e. The summed E-state index contributed by atoms with van der Waals surface area (Å²) in [7, 11) is 1.82. The Morgan fingerprint density at radius 2 is 2.04 bits per heavy atom. The lowest BCUT2D eigenvalue weighted by Crippen LogP contribution is -2.42. The molecule has 1 aliphatic carbocycles. The molecule has 0 saturated carbocycles. The molecule has 0 aromatic heterocycles. The number of anilines is 1. The number of hydrogen-bond acceptors (Lipinski definition) is 3. The molecule has 1 aromatic rings. The Morgan fingerprint density at radius 3 is 2.75 bits per heavy atom. The summed E-state index contributed by atoms with van der Waals surface area (Å²) in [6, 6.07) is 6.92. The third-order valence-corrected chi connectivity index (χ3v) is 4.91. The minimum absolute atomic E-state index is 0.458. The van der Waals surface area contributed by atoms with Gasteiger partial charge < -0.3 is 20.3 Å². The van der Waals surface area contributed by atoms with E-state index >= 15 is 0 Å². The summed E-state index contributed by atoms with van der Waals surface area (Å²) < 4.78 is 6.58. The van der Waals surface area contributed by atoms with Crippen molar-refractivity contribution in [2.75, 3.05) is 38.3 Å². The number of aliphatic imine (C=N–C) groups is 1. The number of guanidine groups is 1. The highest BCUT2D eigenvalue weighted by atomic mass is 79.9. The molecule has 1 fully saturated rings. The summed E-state index contributed by atoms with van der Waals surface area (Å²) in [6.07, 6.45) is 6.57. The van der Waals surface area contributed by atoms with Crippen LogP contribution in [0.25, 0.3) is 0 Å². The van der Waals surface area contributed by atoms with Crippen LogP contribution in [0.3, 0.4) is 0 Å². The van der Waals surface area contributed by atoms with E-state index in [1.807, 2.05) is 7.05 Å². The van der Waals surface area contributed by atoms with Crippen LogP contribution < -0.4 is 15.5 Å². The second-order valence-electron chi connectivity index (χ2n) is 6.08. The zero-order valence-corrected chi connectivity index (χ0v) is 15.7. The van der Waals surface area contributed by atoms with Crippen LogP contribution in [-0.4, -0.2) is 45.4 Å². The van der Waals surface area contributed by atoms with E-state index in [0.29, 0.717) is 6.04 Å². The SMILES string of the molecule is CN=C(NCc1ccc(Br)cc1N1CCOCC1)NC1CC=CC1. The van der Waals surface area contributed by atoms with Crippen molar-refractivity contribution in [2.24, 2.45) is 4.99 Å². The van der Waals surface area contributed by atoms with Gasteiger partial charge >= 0.3 is 0 Å². The van der Waals surface area contributed by atoms with E-state index in [2.05, 4.69) is 66.8 Å². The molecule has 0 radical (unpaired) electrons. The van der Waals surface area contributed by atoms with E-state index in [1.54, 1.807) is 0 Å². The highest BCUT2D eigenvalue weighted by Crippen LogP contribution is 2.26. The second-order valence-corrected chi connectivity index (χ2v) is 7.00. The number of halogens is 1.